The number of amides is 2. The lowest BCUT2D eigenvalue weighted by atomic mass is 10.00. The fraction of sp³-hybridized carbons (Fsp3) is 0.652. The predicted octanol–water partition coefficient (Wildman–Crippen LogP) is 3.34. The van der Waals surface area contributed by atoms with Gasteiger partial charge in [0.15, 0.2) is 0 Å². The number of rotatable bonds is 5. The summed E-state index contributed by atoms with van der Waals surface area (Å²) < 4.78 is 0. The lowest BCUT2D eigenvalue weighted by Crippen LogP contribution is -2.38. The van der Waals surface area contributed by atoms with Crippen molar-refractivity contribution in [3.8, 4) is 0 Å². The number of likely N-dealkylation sites (tertiary alicyclic amines) is 2. The SMILES string of the molecule is CN1CCCC[C@@H]1CC(=O)Nc1ccc(N2CCCC2)c(C(=O)N2CCCC2)c1. The van der Waals surface area contributed by atoms with Gasteiger partial charge in [0.1, 0.15) is 0 Å². The molecule has 6 heteroatoms. The minimum absolute atomic E-state index is 0.0391. The van der Waals surface area contributed by atoms with Gasteiger partial charge in [-0.1, -0.05) is 6.42 Å². The Morgan fingerprint density at radius 2 is 1.66 bits per heavy atom. The Morgan fingerprint density at radius 1 is 0.966 bits per heavy atom. The number of anilines is 2. The zero-order chi connectivity index (χ0) is 20.2. The zero-order valence-corrected chi connectivity index (χ0v) is 17.7. The van der Waals surface area contributed by atoms with Crippen LogP contribution in [0.2, 0.25) is 0 Å². The van der Waals surface area contributed by atoms with E-state index < -0.39 is 0 Å². The molecule has 6 nitrogen and oxygen atoms in total. The summed E-state index contributed by atoms with van der Waals surface area (Å²) in [6.07, 6.45) is 8.51. The summed E-state index contributed by atoms with van der Waals surface area (Å²) in [6, 6.07) is 6.20. The van der Waals surface area contributed by atoms with E-state index in [-0.39, 0.29) is 11.8 Å². The molecule has 3 aliphatic heterocycles. The maximum atomic E-state index is 13.2. The Bertz CT molecular complexity index is 738. The fourth-order valence-electron chi connectivity index (χ4n) is 4.94. The molecule has 1 aromatic rings. The van der Waals surface area contributed by atoms with Crippen LogP contribution in [0.1, 0.15) is 61.7 Å². The van der Waals surface area contributed by atoms with E-state index in [0.29, 0.717) is 12.5 Å². The third-order valence-corrected chi connectivity index (χ3v) is 6.69. The highest BCUT2D eigenvalue weighted by Crippen LogP contribution is 2.30. The number of hydrogen-bond donors (Lipinski definition) is 1. The van der Waals surface area contributed by atoms with Crippen LogP contribution in [0.5, 0.6) is 0 Å². The summed E-state index contributed by atoms with van der Waals surface area (Å²) in [5, 5.41) is 3.06. The van der Waals surface area contributed by atoms with E-state index in [9.17, 15) is 9.59 Å². The van der Waals surface area contributed by atoms with Crippen molar-refractivity contribution in [3.05, 3.63) is 23.8 Å². The molecule has 0 aromatic heterocycles. The van der Waals surface area contributed by atoms with Crippen molar-refractivity contribution in [2.75, 3.05) is 50.0 Å². The van der Waals surface area contributed by atoms with Gasteiger partial charge in [0.2, 0.25) is 5.91 Å². The van der Waals surface area contributed by atoms with Crippen LogP contribution in [0.25, 0.3) is 0 Å². The Hall–Kier alpha value is -2.08. The maximum absolute atomic E-state index is 13.2. The lowest BCUT2D eigenvalue weighted by Gasteiger charge is -2.32. The van der Waals surface area contributed by atoms with Crippen LogP contribution in [0.15, 0.2) is 18.2 Å². The Labute approximate surface area is 174 Å². The smallest absolute Gasteiger partial charge is 0.256 e. The topological polar surface area (TPSA) is 55.9 Å². The van der Waals surface area contributed by atoms with Crippen molar-refractivity contribution in [2.45, 2.75) is 57.4 Å². The van der Waals surface area contributed by atoms with Gasteiger partial charge in [0, 0.05) is 50.0 Å². The molecule has 0 bridgehead atoms. The molecule has 158 valence electrons. The normalized spacial score (nSPS) is 22.9. The van der Waals surface area contributed by atoms with Gasteiger partial charge in [0.05, 0.1) is 5.56 Å². The number of piperidine rings is 1. The first-order valence-electron chi connectivity index (χ1n) is 11.3. The Kier molecular flexibility index (Phi) is 6.38. The summed E-state index contributed by atoms with van der Waals surface area (Å²) in [5.41, 5.74) is 2.49. The van der Waals surface area contributed by atoms with E-state index in [2.05, 4.69) is 22.2 Å². The first-order valence-corrected chi connectivity index (χ1v) is 11.3. The summed E-state index contributed by atoms with van der Waals surface area (Å²) in [7, 11) is 2.11. The summed E-state index contributed by atoms with van der Waals surface area (Å²) in [6.45, 7) is 4.74. The first kappa shape index (κ1) is 20.2. The molecule has 3 saturated heterocycles. The highest BCUT2D eigenvalue weighted by molar-refractivity contribution is 6.02. The lowest BCUT2D eigenvalue weighted by molar-refractivity contribution is -0.117. The molecule has 0 saturated carbocycles. The van der Waals surface area contributed by atoms with Gasteiger partial charge in [-0.15, -0.1) is 0 Å². The fourth-order valence-corrected chi connectivity index (χ4v) is 4.94. The molecule has 1 aromatic carbocycles. The van der Waals surface area contributed by atoms with E-state index in [1.165, 1.54) is 25.7 Å². The Balaban J connectivity index is 1.50. The van der Waals surface area contributed by atoms with Gasteiger partial charge >= 0.3 is 0 Å². The predicted molar refractivity (Wildman–Crippen MR) is 117 cm³/mol. The minimum Gasteiger partial charge on any atom is -0.371 e. The summed E-state index contributed by atoms with van der Waals surface area (Å²) in [4.78, 5) is 32.4. The highest BCUT2D eigenvalue weighted by Gasteiger charge is 2.26. The third-order valence-electron chi connectivity index (χ3n) is 6.69. The van der Waals surface area contributed by atoms with Crippen molar-refractivity contribution >= 4 is 23.2 Å². The third kappa shape index (κ3) is 4.74. The molecule has 4 rings (SSSR count). The van der Waals surface area contributed by atoms with E-state index in [4.69, 9.17) is 0 Å². The summed E-state index contributed by atoms with van der Waals surface area (Å²) in [5.74, 6) is 0.143. The van der Waals surface area contributed by atoms with Crippen LogP contribution < -0.4 is 10.2 Å². The standard InChI is InChI=1S/C23H34N4O2/c1-25-11-3-2-8-19(25)17-22(28)24-18-9-10-21(26-12-4-5-13-26)20(16-18)23(29)27-14-6-7-15-27/h9-10,16,19H,2-8,11-15,17H2,1H3,(H,24,28)/t19-/m1/s1. The summed E-state index contributed by atoms with van der Waals surface area (Å²) >= 11 is 0. The second-order valence-corrected chi connectivity index (χ2v) is 8.81. The molecule has 1 N–H and O–H groups in total. The molecule has 3 heterocycles. The van der Waals surface area contributed by atoms with Gasteiger partial charge in [-0.3, -0.25) is 9.59 Å². The zero-order valence-electron chi connectivity index (χ0n) is 17.7. The second-order valence-electron chi connectivity index (χ2n) is 8.81. The van der Waals surface area contributed by atoms with Crippen LogP contribution in [0.4, 0.5) is 11.4 Å². The molecular weight excluding hydrogens is 364 g/mol. The van der Waals surface area contributed by atoms with Crippen molar-refractivity contribution in [1.82, 2.24) is 9.80 Å². The number of carbonyl (C=O) groups excluding carboxylic acids is 2. The number of benzene rings is 1. The Morgan fingerprint density at radius 3 is 2.38 bits per heavy atom. The maximum Gasteiger partial charge on any atom is 0.256 e. The van der Waals surface area contributed by atoms with Crippen LogP contribution in [0.3, 0.4) is 0 Å². The molecular formula is C23H34N4O2. The number of hydrogen-bond acceptors (Lipinski definition) is 4. The molecule has 0 radical (unpaired) electrons. The minimum atomic E-state index is 0.0391. The van der Waals surface area contributed by atoms with Crippen LogP contribution >= 0.6 is 0 Å². The average Bonchev–Trinajstić information content (AvgIpc) is 3.43. The molecule has 0 spiro atoms. The van der Waals surface area contributed by atoms with Gasteiger partial charge in [-0.25, -0.2) is 0 Å². The average molecular weight is 399 g/mol. The van der Waals surface area contributed by atoms with E-state index in [0.717, 1.165) is 68.9 Å². The largest absolute Gasteiger partial charge is 0.371 e. The van der Waals surface area contributed by atoms with Crippen molar-refractivity contribution in [2.24, 2.45) is 0 Å². The number of carbonyl (C=O) groups is 2. The molecule has 0 aliphatic carbocycles. The molecule has 1 atom stereocenters. The van der Waals surface area contributed by atoms with Crippen molar-refractivity contribution in [3.63, 3.8) is 0 Å². The molecule has 3 fully saturated rings. The van der Waals surface area contributed by atoms with E-state index in [1.54, 1.807) is 0 Å². The highest BCUT2D eigenvalue weighted by atomic mass is 16.2. The van der Waals surface area contributed by atoms with Gasteiger partial charge < -0.3 is 20.0 Å². The van der Waals surface area contributed by atoms with Crippen LogP contribution in [-0.2, 0) is 4.79 Å². The second kappa shape index (κ2) is 9.16. The number of nitrogens with one attached hydrogen (secondary N) is 1. The van der Waals surface area contributed by atoms with E-state index in [1.807, 2.05) is 23.1 Å². The van der Waals surface area contributed by atoms with Gasteiger partial charge in [0.25, 0.3) is 5.91 Å². The quantitative estimate of drug-likeness (QED) is 0.827. The van der Waals surface area contributed by atoms with E-state index >= 15 is 0 Å². The molecule has 3 aliphatic rings. The first-order chi connectivity index (χ1) is 14.1. The van der Waals surface area contributed by atoms with Crippen LogP contribution in [0, 0.1) is 0 Å². The van der Waals surface area contributed by atoms with Gasteiger partial charge in [-0.05, 0) is 70.3 Å². The van der Waals surface area contributed by atoms with Gasteiger partial charge in [-0.2, -0.15) is 0 Å². The van der Waals surface area contributed by atoms with Crippen LogP contribution in [-0.4, -0.2) is 67.4 Å². The molecule has 0 unspecified atom stereocenters. The van der Waals surface area contributed by atoms with Crippen molar-refractivity contribution in [1.29, 1.82) is 0 Å². The molecule has 2 amide bonds. The number of nitrogens with zero attached hydrogens (tertiary/aromatic N) is 3. The van der Waals surface area contributed by atoms with Crippen molar-refractivity contribution < 1.29 is 9.59 Å². The monoisotopic (exact) mass is 398 g/mol. The molecule has 29 heavy (non-hydrogen) atoms.